The molecular weight excluding hydrogens is 452 g/mol. The van der Waals surface area contributed by atoms with E-state index in [-0.39, 0.29) is 18.4 Å². The van der Waals surface area contributed by atoms with Crippen LogP contribution in [0.15, 0.2) is 29.6 Å². The van der Waals surface area contributed by atoms with E-state index in [0.717, 1.165) is 24.4 Å². The van der Waals surface area contributed by atoms with Crippen LogP contribution in [0.1, 0.15) is 54.6 Å². The molecule has 0 atom stereocenters. The highest BCUT2D eigenvalue weighted by molar-refractivity contribution is 7.13. The summed E-state index contributed by atoms with van der Waals surface area (Å²) in [4.78, 5) is 43.8. The quantitative estimate of drug-likeness (QED) is 0.567. The van der Waals surface area contributed by atoms with Crippen LogP contribution in [0, 0.1) is 5.92 Å². The van der Waals surface area contributed by atoms with Gasteiger partial charge in [0.15, 0.2) is 5.13 Å². The molecule has 8 nitrogen and oxygen atoms in total. The summed E-state index contributed by atoms with van der Waals surface area (Å²) in [6.07, 6.45) is 8.72. The van der Waals surface area contributed by atoms with Gasteiger partial charge in [-0.05, 0) is 30.5 Å². The maximum Gasteiger partial charge on any atom is 0.323 e. The molecule has 1 saturated carbocycles. The van der Waals surface area contributed by atoms with Crippen molar-refractivity contribution in [3.05, 3.63) is 40.9 Å². The van der Waals surface area contributed by atoms with Crippen molar-refractivity contribution in [2.75, 3.05) is 38.1 Å². The summed E-state index contributed by atoms with van der Waals surface area (Å²) in [5.74, 6) is 1.45. The molecule has 9 heteroatoms. The summed E-state index contributed by atoms with van der Waals surface area (Å²) in [6.45, 7) is 2.51. The fourth-order valence-corrected chi connectivity index (χ4v) is 5.26. The Morgan fingerprint density at radius 2 is 1.88 bits per heavy atom. The number of aromatic nitrogens is 1. The van der Waals surface area contributed by atoms with Crippen LogP contribution in [0.3, 0.4) is 0 Å². The number of nitrogens with one attached hydrogen (secondary N) is 1. The van der Waals surface area contributed by atoms with Crippen LogP contribution < -0.4 is 10.1 Å². The van der Waals surface area contributed by atoms with Crippen LogP contribution in [0.25, 0.3) is 0 Å². The topological polar surface area (TPSA) is 91.8 Å². The molecule has 1 N–H and O–H groups in total. The summed E-state index contributed by atoms with van der Waals surface area (Å²) >= 11 is 1.29. The van der Waals surface area contributed by atoms with E-state index in [1.165, 1.54) is 43.4 Å². The van der Waals surface area contributed by atoms with Gasteiger partial charge in [0, 0.05) is 43.5 Å². The van der Waals surface area contributed by atoms with Crippen LogP contribution in [0.2, 0.25) is 0 Å². The fraction of sp³-hybridized carbons (Fsp3) is 0.520. The third-order valence-electron chi connectivity index (χ3n) is 6.51. The van der Waals surface area contributed by atoms with Gasteiger partial charge in [-0.25, -0.2) is 9.78 Å². The molecule has 2 heterocycles. The van der Waals surface area contributed by atoms with E-state index >= 15 is 0 Å². The maximum atomic E-state index is 13.0. The first-order chi connectivity index (χ1) is 16.6. The first kappa shape index (κ1) is 24.2. The van der Waals surface area contributed by atoms with Crippen molar-refractivity contribution < 1.29 is 19.1 Å². The van der Waals surface area contributed by atoms with Crippen molar-refractivity contribution in [1.29, 1.82) is 0 Å². The lowest BCUT2D eigenvalue weighted by Gasteiger charge is -2.34. The van der Waals surface area contributed by atoms with Crippen LogP contribution in [0.4, 0.5) is 9.93 Å². The number of carbonyl (C=O) groups excluding carboxylic acids is 3. The number of urea groups is 1. The van der Waals surface area contributed by atoms with Gasteiger partial charge in [0.1, 0.15) is 12.0 Å². The van der Waals surface area contributed by atoms with Gasteiger partial charge in [0.2, 0.25) is 0 Å². The molecule has 1 aliphatic heterocycles. The number of piperazine rings is 1. The van der Waals surface area contributed by atoms with E-state index in [2.05, 4.69) is 10.3 Å². The highest BCUT2D eigenvalue weighted by Gasteiger charge is 2.25. The van der Waals surface area contributed by atoms with Crippen molar-refractivity contribution in [2.24, 2.45) is 5.92 Å². The van der Waals surface area contributed by atoms with Gasteiger partial charge >= 0.3 is 6.03 Å². The Morgan fingerprint density at radius 1 is 1.12 bits per heavy atom. The number of aldehydes is 1. The Kier molecular flexibility index (Phi) is 8.51. The number of anilines is 1. The lowest BCUT2D eigenvalue weighted by atomic mass is 9.87. The largest absolute Gasteiger partial charge is 0.494 e. The standard InChI is InChI=1S/C25H32N4O4S/c30-15-9-21-18-34-24(26-21)27-25(32)29-13-11-28(12-14-29)23(31)20-7-4-8-22(17-20)33-16-10-19-5-2-1-3-6-19/h4,7-8,15,17-19H,1-3,5-6,9-14,16H2,(H,26,27,32). The monoisotopic (exact) mass is 484 g/mol. The molecule has 0 spiro atoms. The van der Waals surface area contributed by atoms with Gasteiger partial charge in [0.05, 0.1) is 12.3 Å². The Hall–Kier alpha value is -2.94. The van der Waals surface area contributed by atoms with E-state index in [9.17, 15) is 14.4 Å². The van der Waals surface area contributed by atoms with E-state index in [0.29, 0.717) is 49.2 Å². The molecule has 1 aliphatic carbocycles. The molecule has 2 aliphatic rings. The first-order valence-corrected chi connectivity index (χ1v) is 13.0. The van der Waals surface area contributed by atoms with Crippen LogP contribution in [0.5, 0.6) is 5.75 Å². The van der Waals surface area contributed by atoms with Gasteiger partial charge in [-0.3, -0.25) is 10.1 Å². The van der Waals surface area contributed by atoms with E-state index in [1.54, 1.807) is 15.2 Å². The molecular formula is C25H32N4O4S. The highest BCUT2D eigenvalue weighted by Crippen LogP contribution is 2.26. The highest BCUT2D eigenvalue weighted by atomic mass is 32.1. The van der Waals surface area contributed by atoms with E-state index in [1.807, 2.05) is 24.3 Å². The van der Waals surface area contributed by atoms with Gasteiger partial charge < -0.3 is 19.3 Å². The molecule has 182 valence electrons. The number of hydrogen-bond donors (Lipinski definition) is 1. The first-order valence-electron chi connectivity index (χ1n) is 12.1. The molecule has 1 aromatic heterocycles. The maximum absolute atomic E-state index is 13.0. The Balaban J connectivity index is 1.23. The lowest BCUT2D eigenvalue weighted by Crippen LogP contribution is -2.51. The zero-order valence-electron chi connectivity index (χ0n) is 19.4. The van der Waals surface area contributed by atoms with Crippen LogP contribution >= 0.6 is 11.3 Å². The number of rotatable bonds is 8. The minimum atomic E-state index is -0.243. The third kappa shape index (κ3) is 6.56. The van der Waals surface area contributed by atoms with Crippen LogP contribution in [-0.4, -0.2) is 65.8 Å². The van der Waals surface area contributed by atoms with Gasteiger partial charge in [0.25, 0.3) is 5.91 Å². The fourth-order valence-electron chi connectivity index (χ4n) is 4.55. The van der Waals surface area contributed by atoms with Gasteiger partial charge in [-0.15, -0.1) is 11.3 Å². The number of amides is 3. The molecule has 0 radical (unpaired) electrons. The summed E-state index contributed by atoms with van der Waals surface area (Å²) in [5, 5.41) is 5.01. The van der Waals surface area contributed by atoms with Crippen LogP contribution in [-0.2, 0) is 11.2 Å². The lowest BCUT2D eigenvalue weighted by molar-refractivity contribution is -0.107. The second-order valence-corrected chi connectivity index (χ2v) is 9.75. The molecule has 0 bridgehead atoms. The predicted octanol–water partition coefficient (Wildman–Crippen LogP) is 4.22. The number of ether oxygens (including phenoxy) is 1. The molecule has 2 aromatic rings. The number of nitrogens with zero attached hydrogens (tertiary/aromatic N) is 3. The number of benzene rings is 1. The SMILES string of the molecule is O=CCc1csc(NC(=O)N2CCN(C(=O)c3cccc(OCCC4CCCCC4)c3)CC2)n1. The van der Waals surface area contributed by atoms with Crippen molar-refractivity contribution in [3.63, 3.8) is 0 Å². The van der Waals surface area contributed by atoms with Gasteiger partial charge in [-0.2, -0.15) is 0 Å². The van der Waals surface area contributed by atoms with Gasteiger partial charge in [-0.1, -0.05) is 38.2 Å². The summed E-state index contributed by atoms with van der Waals surface area (Å²) < 4.78 is 5.95. The number of thiazole rings is 1. The minimum Gasteiger partial charge on any atom is -0.494 e. The Labute approximate surface area is 204 Å². The number of carbonyl (C=O) groups is 3. The summed E-state index contributed by atoms with van der Waals surface area (Å²) in [5.41, 5.74) is 1.25. The average Bonchev–Trinajstić information content (AvgIpc) is 3.31. The second kappa shape index (κ2) is 12.0. The van der Waals surface area contributed by atoms with E-state index in [4.69, 9.17) is 4.74 Å². The molecule has 0 unspecified atom stereocenters. The van der Waals surface area contributed by atoms with Crippen molar-refractivity contribution >= 4 is 34.7 Å². The minimum absolute atomic E-state index is 0.0452. The molecule has 1 aromatic carbocycles. The molecule has 4 rings (SSSR count). The Bertz CT molecular complexity index is 981. The van der Waals surface area contributed by atoms with Crippen molar-refractivity contribution in [2.45, 2.75) is 44.9 Å². The predicted molar refractivity (Wildman–Crippen MR) is 132 cm³/mol. The zero-order chi connectivity index (χ0) is 23.8. The third-order valence-corrected chi connectivity index (χ3v) is 7.32. The van der Waals surface area contributed by atoms with E-state index < -0.39 is 0 Å². The van der Waals surface area contributed by atoms with Crippen molar-refractivity contribution in [3.8, 4) is 5.75 Å². The summed E-state index contributed by atoms with van der Waals surface area (Å²) in [6, 6.07) is 7.15. The number of hydrogen-bond acceptors (Lipinski definition) is 6. The summed E-state index contributed by atoms with van der Waals surface area (Å²) in [7, 11) is 0. The molecule has 3 amide bonds. The smallest absolute Gasteiger partial charge is 0.323 e. The molecule has 34 heavy (non-hydrogen) atoms. The Morgan fingerprint density at radius 3 is 2.65 bits per heavy atom. The molecule has 1 saturated heterocycles. The average molecular weight is 485 g/mol. The second-order valence-electron chi connectivity index (χ2n) is 8.89. The van der Waals surface area contributed by atoms with Crippen molar-refractivity contribution in [1.82, 2.24) is 14.8 Å². The normalized spacial score (nSPS) is 16.8. The zero-order valence-corrected chi connectivity index (χ0v) is 20.2. The molecule has 2 fully saturated rings.